The standard InChI is InChI=1S/C22H17F2N5O2/c1-10-14-7-11(4-6-17(14)31-29(10)2)18-20(24)28-21(25)19(27-18)12-3-5-13-15(8-12)16(23)9-26-22(13)30/h3-10H,1-2H3,(H2,25,28)(H,26,30). The molecular formula is C22H17F2N5O2. The lowest BCUT2D eigenvalue weighted by Crippen LogP contribution is -2.18. The van der Waals surface area contributed by atoms with Crippen LogP contribution in [0.3, 0.4) is 0 Å². The van der Waals surface area contributed by atoms with Gasteiger partial charge in [-0.05, 0) is 37.3 Å². The number of nitrogens with two attached hydrogens (primary N) is 1. The summed E-state index contributed by atoms with van der Waals surface area (Å²) in [4.78, 5) is 28.1. The Morgan fingerprint density at radius 2 is 1.81 bits per heavy atom. The molecule has 1 unspecified atom stereocenters. The molecule has 156 valence electrons. The van der Waals surface area contributed by atoms with Gasteiger partial charge in [-0.25, -0.2) is 9.37 Å². The van der Waals surface area contributed by atoms with Gasteiger partial charge in [0.05, 0.1) is 6.04 Å². The zero-order valence-electron chi connectivity index (χ0n) is 16.6. The number of hydrogen-bond acceptors (Lipinski definition) is 6. The average molecular weight is 421 g/mol. The average Bonchev–Trinajstić information content (AvgIpc) is 3.04. The van der Waals surface area contributed by atoms with Gasteiger partial charge in [0.1, 0.15) is 17.2 Å². The van der Waals surface area contributed by atoms with Crippen molar-refractivity contribution in [3.63, 3.8) is 0 Å². The summed E-state index contributed by atoms with van der Waals surface area (Å²) < 4.78 is 29.0. The molecule has 0 spiro atoms. The van der Waals surface area contributed by atoms with Gasteiger partial charge in [-0.3, -0.25) is 4.79 Å². The highest BCUT2D eigenvalue weighted by Crippen LogP contribution is 2.39. The normalized spacial score (nSPS) is 15.8. The van der Waals surface area contributed by atoms with E-state index in [4.69, 9.17) is 10.6 Å². The highest BCUT2D eigenvalue weighted by atomic mass is 19.1. The van der Waals surface area contributed by atoms with Crippen LogP contribution in [0.25, 0.3) is 33.3 Å². The number of fused-ring (bicyclic) bond motifs is 2. The highest BCUT2D eigenvalue weighted by Gasteiger charge is 2.27. The Morgan fingerprint density at radius 3 is 2.61 bits per heavy atom. The van der Waals surface area contributed by atoms with Crippen molar-refractivity contribution in [1.29, 1.82) is 0 Å². The maximum atomic E-state index is 14.7. The summed E-state index contributed by atoms with van der Waals surface area (Å²) in [6, 6.07) is 9.73. The van der Waals surface area contributed by atoms with Crippen LogP contribution < -0.4 is 16.1 Å². The van der Waals surface area contributed by atoms with Crippen molar-refractivity contribution in [3.05, 3.63) is 70.3 Å². The summed E-state index contributed by atoms with van der Waals surface area (Å²) in [5.74, 6) is -0.854. The van der Waals surface area contributed by atoms with E-state index < -0.39 is 17.3 Å². The van der Waals surface area contributed by atoms with Crippen LogP contribution in [0.4, 0.5) is 14.6 Å². The first-order valence-corrected chi connectivity index (χ1v) is 9.53. The van der Waals surface area contributed by atoms with Gasteiger partial charge in [-0.15, -0.1) is 5.06 Å². The number of nitrogen functional groups attached to an aromatic ring is 1. The van der Waals surface area contributed by atoms with Gasteiger partial charge in [0.15, 0.2) is 11.6 Å². The Morgan fingerprint density at radius 1 is 1.06 bits per heavy atom. The fourth-order valence-corrected chi connectivity index (χ4v) is 3.73. The Kier molecular flexibility index (Phi) is 4.23. The SMILES string of the molecule is CC1c2cc(-c3nc(-c4ccc5c(=O)[nH]cc(F)c5c4)c(N)nc3F)ccc2ON1C. The molecule has 0 radical (unpaired) electrons. The molecule has 3 N–H and O–H groups in total. The number of nitrogens with one attached hydrogen (secondary N) is 1. The number of hydrogen-bond donors (Lipinski definition) is 2. The van der Waals surface area contributed by atoms with Crippen LogP contribution in [0.1, 0.15) is 18.5 Å². The Labute approximate surface area is 175 Å². The topological polar surface area (TPSA) is 97.1 Å². The van der Waals surface area contributed by atoms with E-state index >= 15 is 0 Å². The van der Waals surface area contributed by atoms with Crippen molar-refractivity contribution in [2.24, 2.45) is 0 Å². The third-order valence-electron chi connectivity index (χ3n) is 5.53. The van der Waals surface area contributed by atoms with Crippen LogP contribution in [0.15, 0.2) is 47.4 Å². The van der Waals surface area contributed by atoms with E-state index in [1.165, 1.54) is 12.1 Å². The van der Waals surface area contributed by atoms with Crippen molar-refractivity contribution in [2.75, 3.05) is 12.8 Å². The summed E-state index contributed by atoms with van der Waals surface area (Å²) in [6.45, 7) is 1.97. The van der Waals surface area contributed by atoms with Crippen LogP contribution in [-0.4, -0.2) is 27.1 Å². The molecule has 0 saturated heterocycles. The Bertz CT molecular complexity index is 1420. The van der Waals surface area contributed by atoms with E-state index in [-0.39, 0.29) is 34.0 Å². The van der Waals surface area contributed by atoms with Crippen molar-refractivity contribution in [1.82, 2.24) is 20.0 Å². The first-order chi connectivity index (χ1) is 14.8. The monoisotopic (exact) mass is 421 g/mol. The zero-order valence-corrected chi connectivity index (χ0v) is 16.6. The maximum Gasteiger partial charge on any atom is 0.256 e. The van der Waals surface area contributed by atoms with E-state index in [1.54, 1.807) is 29.3 Å². The molecule has 9 heteroatoms. The molecule has 1 aliphatic rings. The summed E-state index contributed by atoms with van der Waals surface area (Å²) in [7, 11) is 1.82. The molecule has 7 nitrogen and oxygen atoms in total. The molecule has 0 saturated carbocycles. The lowest BCUT2D eigenvalue weighted by molar-refractivity contribution is -0.0380. The Balaban J connectivity index is 1.67. The van der Waals surface area contributed by atoms with Gasteiger partial charge in [0.2, 0.25) is 5.95 Å². The molecule has 1 aliphatic heterocycles. The maximum absolute atomic E-state index is 14.7. The number of halogens is 2. The first-order valence-electron chi connectivity index (χ1n) is 9.53. The second-order valence-electron chi connectivity index (χ2n) is 7.39. The van der Waals surface area contributed by atoms with E-state index in [2.05, 4.69) is 15.0 Å². The lowest BCUT2D eigenvalue weighted by Gasteiger charge is -2.12. The zero-order chi connectivity index (χ0) is 21.9. The second-order valence-corrected chi connectivity index (χ2v) is 7.39. The van der Waals surface area contributed by atoms with Gasteiger partial charge in [0, 0.05) is 40.7 Å². The van der Waals surface area contributed by atoms with Gasteiger partial charge in [-0.1, -0.05) is 6.07 Å². The number of H-pyrrole nitrogens is 1. The predicted molar refractivity (Wildman–Crippen MR) is 112 cm³/mol. The molecule has 5 rings (SSSR count). The van der Waals surface area contributed by atoms with E-state index in [1.807, 2.05) is 14.0 Å². The minimum atomic E-state index is -0.815. The Hall–Kier alpha value is -3.85. The molecule has 0 fully saturated rings. The molecule has 31 heavy (non-hydrogen) atoms. The fourth-order valence-electron chi connectivity index (χ4n) is 3.73. The number of rotatable bonds is 2. The number of aromatic amines is 1. The third kappa shape index (κ3) is 3.01. The minimum absolute atomic E-state index is 0.0132. The quantitative estimate of drug-likeness (QED) is 0.511. The molecular weight excluding hydrogens is 404 g/mol. The number of anilines is 1. The van der Waals surface area contributed by atoms with E-state index in [0.29, 0.717) is 16.9 Å². The van der Waals surface area contributed by atoms with Crippen molar-refractivity contribution >= 4 is 16.6 Å². The highest BCUT2D eigenvalue weighted by molar-refractivity contribution is 5.88. The molecule has 0 aliphatic carbocycles. The van der Waals surface area contributed by atoms with Gasteiger partial charge in [-0.2, -0.15) is 9.37 Å². The van der Waals surface area contributed by atoms with E-state index in [0.717, 1.165) is 11.8 Å². The van der Waals surface area contributed by atoms with Gasteiger partial charge in [0.25, 0.3) is 5.56 Å². The summed E-state index contributed by atoms with van der Waals surface area (Å²) in [5.41, 5.74) is 7.56. The lowest BCUT2D eigenvalue weighted by atomic mass is 10.0. The van der Waals surface area contributed by atoms with Crippen LogP contribution in [-0.2, 0) is 0 Å². The number of hydroxylamine groups is 2. The molecule has 0 amide bonds. The van der Waals surface area contributed by atoms with Gasteiger partial charge < -0.3 is 15.6 Å². The van der Waals surface area contributed by atoms with Crippen molar-refractivity contribution in [3.8, 4) is 28.3 Å². The van der Waals surface area contributed by atoms with Crippen LogP contribution in [0.5, 0.6) is 5.75 Å². The molecule has 2 aromatic heterocycles. The molecule has 4 aromatic rings. The van der Waals surface area contributed by atoms with E-state index in [9.17, 15) is 13.6 Å². The molecule has 3 heterocycles. The number of pyridine rings is 1. The van der Waals surface area contributed by atoms with Crippen molar-refractivity contribution < 1.29 is 13.6 Å². The smallest absolute Gasteiger partial charge is 0.256 e. The van der Waals surface area contributed by atoms with Crippen molar-refractivity contribution in [2.45, 2.75) is 13.0 Å². The molecule has 1 atom stereocenters. The number of aromatic nitrogens is 3. The summed E-state index contributed by atoms with van der Waals surface area (Å²) >= 11 is 0. The minimum Gasteiger partial charge on any atom is -0.405 e. The first kappa shape index (κ1) is 19.1. The summed E-state index contributed by atoms with van der Waals surface area (Å²) in [5, 5.41) is 2.00. The largest absolute Gasteiger partial charge is 0.405 e. The number of nitrogens with zero attached hydrogens (tertiary/aromatic N) is 3. The fraction of sp³-hybridized carbons (Fsp3) is 0.136. The van der Waals surface area contributed by atoms with Crippen LogP contribution >= 0.6 is 0 Å². The van der Waals surface area contributed by atoms with Crippen LogP contribution in [0.2, 0.25) is 0 Å². The van der Waals surface area contributed by atoms with Gasteiger partial charge >= 0.3 is 0 Å². The predicted octanol–water partition coefficient (Wildman–Crippen LogP) is 3.81. The third-order valence-corrected chi connectivity index (χ3v) is 5.53. The second kappa shape index (κ2) is 6.85. The molecule has 0 bridgehead atoms. The molecule has 2 aromatic carbocycles. The number of benzene rings is 2. The summed E-state index contributed by atoms with van der Waals surface area (Å²) in [6.07, 6.45) is 0.990. The van der Waals surface area contributed by atoms with Crippen LogP contribution in [0, 0.1) is 11.8 Å².